The number of alkyl carbamates (subject to hydrolysis) is 1. The minimum absolute atomic E-state index is 0.00641. The highest BCUT2D eigenvalue weighted by Crippen LogP contribution is 2.14. The number of rotatable bonds is 9. The normalized spacial score (nSPS) is 11.0. The van der Waals surface area contributed by atoms with E-state index in [9.17, 15) is 9.59 Å². The molecule has 24 heavy (non-hydrogen) atoms. The highest BCUT2D eigenvalue weighted by Gasteiger charge is 2.15. The molecule has 6 nitrogen and oxygen atoms in total. The van der Waals surface area contributed by atoms with Gasteiger partial charge in [0.2, 0.25) is 0 Å². The Morgan fingerprint density at radius 1 is 1.17 bits per heavy atom. The van der Waals surface area contributed by atoms with Gasteiger partial charge in [-0.3, -0.25) is 4.79 Å². The molecule has 0 heterocycles. The maximum absolute atomic E-state index is 11.4. The number of amides is 1. The molecule has 0 saturated carbocycles. The number of carboxylic acid groups (broad SMARTS) is 1. The van der Waals surface area contributed by atoms with Crippen molar-refractivity contribution >= 4 is 12.1 Å². The molecule has 0 spiro atoms. The number of hydrogen-bond donors (Lipinski definition) is 2. The number of hydrogen-bond acceptors (Lipinski definition) is 4. The summed E-state index contributed by atoms with van der Waals surface area (Å²) >= 11 is 0. The van der Waals surface area contributed by atoms with Crippen molar-refractivity contribution in [2.24, 2.45) is 0 Å². The Morgan fingerprint density at radius 3 is 2.58 bits per heavy atom. The number of unbranched alkanes of at least 4 members (excludes halogenated alkanes) is 2. The second kappa shape index (κ2) is 9.80. The van der Waals surface area contributed by atoms with E-state index < -0.39 is 17.7 Å². The molecule has 0 aliphatic rings. The number of aliphatic carboxylic acids is 1. The van der Waals surface area contributed by atoms with Gasteiger partial charge in [-0.15, -0.1) is 0 Å². The lowest BCUT2D eigenvalue weighted by Crippen LogP contribution is -2.33. The van der Waals surface area contributed by atoms with Crippen molar-refractivity contribution in [2.45, 2.75) is 52.1 Å². The van der Waals surface area contributed by atoms with E-state index in [1.165, 1.54) is 0 Å². The molecule has 6 heteroatoms. The van der Waals surface area contributed by atoms with E-state index in [-0.39, 0.29) is 6.42 Å². The van der Waals surface area contributed by atoms with E-state index >= 15 is 0 Å². The third-order valence-corrected chi connectivity index (χ3v) is 3.01. The lowest BCUT2D eigenvalue weighted by atomic mass is 10.1. The van der Waals surface area contributed by atoms with Gasteiger partial charge in [0.15, 0.2) is 0 Å². The minimum Gasteiger partial charge on any atom is -0.494 e. The molecule has 0 saturated heterocycles. The first-order valence-corrected chi connectivity index (χ1v) is 8.16. The maximum Gasteiger partial charge on any atom is 0.407 e. The molecule has 0 bridgehead atoms. The Hall–Kier alpha value is -2.24. The molecular weight excluding hydrogens is 310 g/mol. The van der Waals surface area contributed by atoms with Gasteiger partial charge in [0.05, 0.1) is 13.0 Å². The Kier molecular flexibility index (Phi) is 8.09. The quantitative estimate of drug-likeness (QED) is 0.675. The predicted octanol–water partition coefficient (Wildman–Crippen LogP) is 3.39. The van der Waals surface area contributed by atoms with Crippen LogP contribution >= 0.6 is 0 Å². The van der Waals surface area contributed by atoms with Crippen LogP contribution in [0.1, 0.15) is 45.6 Å². The number of carbonyl (C=O) groups is 2. The smallest absolute Gasteiger partial charge is 0.407 e. The molecule has 1 aromatic carbocycles. The van der Waals surface area contributed by atoms with Crippen molar-refractivity contribution in [3.8, 4) is 5.75 Å². The van der Waals surface area contributed by atoms with Crippen LogP contribution in [0.25, 0.3) is 0 Å². The van der Waals surface area contributed by atoms with Crippen LogP contribution in [0.3, 0.4) is 0 Å². The summed E-state index contributed by atoms with van der Waals surface area (Å²) in [7, 11) is 0. The molecule has 0 radical (unpaired) electrons. The van der Waals surface area contributed by atoms with Crippen LogP contribution in [-0.2, 0) is 16.0 Å². The van der Waals surface area contributed by atoms with Crippen LogP contribution in [-0.4, -0.2) is 35.9 Å². The number of carboxylic acids is 1. The van der Waals surface area contributed by atoms with Crippen molar-refractivity contribution in [1.82, 2.24) is 5.32 Å². The van der Waals surface area contributed by atoms with Gasteiger partial charge in [0, 0.05) is 6.54 Å². The summed E-state index contributed by atoms with van der Waals surface area (Å²) in [4.78, 5) is 22.1. The third kappa shape index (κ3) is 9.71. The molecule has 134 valence electrons. The Labute approximate surface area is 143 Å². The van der Waals surface area contributed by atoms with Gasteiger partial charge < -0.3 is 19.9 Å². The summed E-state index contributed by atoms with van der Waals surface area (Å²) < 4.78 is 10.8. The summed E-state index contributed by atoms with van der Waals surface area (Å²) in [6, 6.07) is 7.12. The fraction of sp³-hybridized carbons (Fsp3) is 0.556. The second-order valence-corrected chi connectivity index (χ2v) is 6.56. The second-order valence-electron chi connectivity index (χ2n) is 6.56. The molecule has 0 fully saturated rings. The van der Waals surface area contributed by atoms with Crippen molar-refractivity contribution in [1.29, 1.82) is 0 Å². The van der Waals surface area contributed by atoms with Crippen LogP contribution in [0.5, 0.6) is 5.75 Å². The van der Waals surface area contributed by atoms with E-state index in [2.05, 4.69) is 5.32 Å². The van der Waals surface area contributed by atoms with Crippen molar-refractivity contribution in [3.63, 3.8) is 0 Å². The van der Waals surface area contributed by atoms with Gasteiger partial charge in [0.25, 0.3) is 0 Å². The van der Waals surface area contributed by atoms with E-state index in [1.54, 1.807) is 18.2 Å². The third-order valence-electron chi connectivity index (χ3n) is 3.01. The van der Waals surface area contributed by atoms with Crippen LogP contribution in [0.4, 0.5) is 4.79 Å². The molecule has 2 N–H and O–H groups in total. The topological polar surface area (TPSA) is 84.9 Å². The molecular formula is C18H27NO5. The SMILES string of the molecule is CC(C)(C)OC(=O)NCCCCCOc1cccc(CC(=O)O)c1. The van der Waals surface area contributed by atoms with Gasteiger partial charge in [-0.1, -0.05) is 12.1 Å². The largest absolute Gasteiger partial charge is 0.494 e. The van der Waals surface area contributed by atoms with E-state index in [1.807, 2.05) is 26.8 Å². The zero-order chi connectivity index (χ0) is 18.0. The number of ether oxygens (including phenoxy) is 2. The Morgan fingerprint density at radius 2 is 1.92 bits per heavy atom. The first kappa shape index (κ1) is 19.8. The van der Waals surface area contributed by atoms with Crippen LogP contribution < -0.4 is 10.1 Å². The average Bonchev–Trinajstić information content (AvgIpc) is 2.44. The van der Waals surface area contributed by atoms with Crippen LogP contribution in [0, 0.1) is 0 Å². The monoisotopic (exact) mass is 337 g/mol. The maximum atomic E-state index is 11.4. The summed E-state index contributed by atoms with van der Waals surface area (Å²) in [5, 5.41) is 11.5. The predicted molar refractivity (Wildman–Crippen MR) is 91.4 cm³/mol. The molecule has 0 atom stereocenters. The zero-order valence-corrected chi connectivity index (χ0v) is 14.6. The van der Waals surface area contributed by atoms with Gasteiger partial charge in [-0.05, 0) is 57.7 Å². The molecule has 0 aliphatic heterocycles. The Balaban J connectivity index is 2.12. The fourth-order valence-electron chi connectivity index (χ4n) is 2.02. The molecule has 0 aromatic heterocycles. The van der Waals surface area contributed by atoms with Crippen molar-refractivity contribution in [2.75, 3.05) is 13.2 Å². The molecule has 0 unspecified atom stereocenters. The van der Waals surface area contributed by atoms with Crippen molar-refractivity contribution in [3.05, 3.63) is 29.8 Å². The Bertz CT molecular complexity index is 536. The highest BCUT2D eigenvalue weighted by atomic mass is 16.6. The van der Waals surface area contributed by atoms with Gasteiger partial charge in [0.1, 0.15) is 11.4 Å². The van der Waals surface area contributed by atoms with Gasteiger partial charge >= 0.3 is 12.1 Å². The van der Waals surface area contributed by atoms with Gasteiger partial charge in [-0.25, -0.2) is 4.79 Å². The standard InChI is InChI=1S/C18H27NO5/c1-18(2,3)24-17(22)19-10-5-4-6-11-23-15-9-7-8-14(12-15)13-16(20)21/h7-9,12H,4-6,10-11,13H2,1-3H3,(H,19,22)(H,20,21). The van der Waals surface area contributed by atoms with E-state index in [0.717, 1.165) is 24.8 Å². The van der Waals surface area contributed by atoms with Crippen LogP contribution in [0.2, 0.25) is 0 Å². The molecule has 1 aromatic rings. The summed E-state index contributed by atoms with van der Waals surface area (Å²) in [6.07, 6.45) is 2.23. The van der Waals surface area contributed by atoms with Gasteiger partial charge in [-0.2, -0.15) is 0 Å². The molecule has 1 rings (SSSR count). The van der Waals surface area contributed by atoms with E-state index in [4.69, 9.17) is 14.6 Å². The number of carbonyl (C=O) groups excluding carboxylic acids is 1. The summed E-state index contributed by atoms with van der Waals surface area (Å²) in [5.74, 6) is -0.176. The van der Waals surface area contributed by atoms with Crippen LogP contribution in [0.15, 0.2) is 24.3 Å². The first-order chi connectivity index (χ1) is 11.3. The fourth-order valence-corrected chi connectivity index (χ4v) is 2.02. The highest BCUT2D eigenvalue weighted by molar-refractivity contribution is 5.70. The average molecular weight is 337 g/mol. The lowest BCUT2D eigenvalue weighted by molar-refractivity contribution is -0.136. The molecule has 1 amide bonds. The molecule has 0 aliphatic carbocycles. The number of benzene rings is 1. The van der Waals surface area contributed by atoms with E-state index in [0.29, 0.717) is 18.9 Å². The lowest BCUT2D eigenvalue weighted by Gasteiger charge is -2.19. The zero-order valence-electron chi connectivity index (χ0n) is 14.6. The first-order valence-electron chi connectivity index (χ1n) is 8.16. The number of nitrogens with one attached hydrogen (secondary N) is 1. The van der Waals surface area contributed by atoms with Crippen molar-refractivity contribution < 1.29 is 24.2 Å². The minimum atomic E-state index is -0.857. The summed E-state index contributed by atoms with van der Waals surface area (Å²) in [6.45, 7) is 6.62. The summed E-state index contributed by atoms with van der Waals surface area (Å²) in [5.41, 5.74) is 0.245.